The number of fused-ring (bicyclic) bond motifs is 12. The van der Waals surface area contributed by atoms with Crippen molar-refractivity contribution >= 4 is 0 Å². The quantitative estimate of drug-likeness (QED) is 0.124. The van der Waals surface area contributed by atoms with E-state index in [1.807, 2.05) is 55.5 Å². The third-order valence-electron chi connectivity index (χ3n) is 11.6. The van der Waals surface area contributed by atoms with Gasteiger partial charge in [0, 0.05) is 44.0 Å². The van der Waals surface area contributed by atoms with Crippen LogP contribution in [0.4, 0.5) is 17.6 Å². The summed E-state index contributed by atoms with van der Waals surface area (Å²) in [5.41, 5.74) is 4.55. The van der Waals surface area contributed by atoms with Gasteiger partial charge in [0.25, 0.3) is 0 Å². The molecule has 0 saturated heterocycles. The van der Waals surface area contributed by atoms with Crippen LogP contribution in [0.25, 0.3) is 33.6 Å². The summed E-state index contributed by atoms with van der Waals surface area (Å²) in [6, 6.07) is 33.2. The van der Waals surface area contributed by atoms with Crippen molar-refractivity contribution in [1.29, 1.82) is 10.5 Å². The van der Waals surface area contributed by atoms with E-state index < -0.39 is 51.4 Å². The predicted molar refractivity (Wildman–Crippen MR) is 174 cm³/mol. The number of hydrogen-bond acceptors (Lipinski definition) is 2. The Balaban J connectivity index is 1.45. The van der Waals surface area contributed by atoms with Crippen LogP contribution in [-0.4, -0.2) is 0 Å². The molecule has 8 heteroatoms. The molecule has 0 radical (unpaired) electrons. The summed E-state index contributed by atoms with van der Waals surface area (Å²) < 4.78 is 67.9. The van der Waals surface area contributed by atoms with Crippen LogP contribution < -0.4 is 9.13 Å². The van der Waals surface area contributed by atoms with E-state index in [-0.39, 0.29) is 24.0 Å². The molecule has 4 aromatic carbocycles. The molecule has 0 N–H and O–H groups in total. The zero-order valence-electron chi connectivity index (χ0n) is 26.5. The molecule has 0 fully saturated rings. The molecule has 0 saturated carbocycles. The van der Waals surface area contributed by atoms with Gasteiger partial charge in [0.05, 0.1) is 11.1 Å². The van der Waals surface area contributed by atoms with Gasteiger partial charge >= 0.3 is 0 Å². The maximum Gasteiger partial charge on any atom is 0.231 e. The summed E-state index contributed by atoms with van der Waals surface area (Å²) in [5.74, 6) is -3.69. The Morgan fingerprint density at radius 3 is 1.82 bits per heavy atom. The van der Waals surface area contributed by atoms with Crippen molar-refractivity contribution in [2.45, 2.75) is 36.8 Å². The number of aromatic nitrogens is 2. The highest BCUT2D eigenvalue weighted by Crippen LogP contribution is 2.58. The maximum atomic E-state index is 16.4. The van der Waals surface area contributed by atoms with Crippen LogP contribution in [0.1, 0.15) is 57.7 Å². The fraction of sp³-hybridized carbons (Fsp3) is 0.143. The van der Waals surface area contributed by atoms with Gasteiger partial charge in [-0.05, 0) is 57.6 Å². The Bertz CT molecular complexity index is 2620. The van der Waals surface area contributed by atoms with Crippen molar-refractivity contribution in [3.8, 4) is 45.8 Å². The van der Waals surface area contributed by atoms with Crippen molar-refractivity contribution in [2.24, 2.45) is 0 Å². The minimum atomic E-state index is -1.01. The largest absolute Gasteiger partial charge is 0.231 e. The van der Waals surface area contributed by atoms with Gasteiger partial charge in [0.2, 0.25) is 34.4 Å². The predicted octanol–water partition coefficient (Wildman–Crippen LogP) is 7.64. The summed E-state index contributed by atoms with van der Waals surface area (Å²) in [6.07, 6.45) is 0.342. The number of nitrogens with zero attached hydrogens (tertiary/aromatic N) is 4. The lowest BCUT2D eigenvalue weighted by atomic mass is 9.71. The van der Waals surface area contributed by atoms with Gasteiger partial charge < -0.3 is 0 Å². The molecule has 5 heterocycles. The van der Waals surface area contributed by atoms with E-state index in [1.54, 1.807) is 24.3 Å². The fourth-order valence-corrected chi connectivity index (χ4v) is 9.76. The Labute approximate surface area is 284 Å². The second-order valence-corrected chi connectivity index (χ2v) is 13.8. The zero-order valence-corrected chi connectivity index (χ0v) is 26.5. The third-order valence-corrected chi connectivity index (χ3v) is 11.6. The average molecular weight is 661 g/mol. The Kier molecular flexibility index (Phi) is 5.49. The summed E-state index contributed by atoms with van der Waals surface area (Å²) in [5, 5.41) is 19.6. The summed E-state index contributed by atoms with van der Waals surface area (Å²) in [7, 11) is 0. The van der Waals surface area contributed by atoms with Gasteiger partial charge in [-0.2, -0.15) is 19.7 Å². The number of benzene rings is 4. The van der Waals surface area contributed by atoms with Crippen molar-refractivity contribution < 1.29 is 26.7 Å². The van der Waals surface area contributed by atoms with Gasteiger partial charge in [-0.3, -0.25) is 0 Å². The van der Waals surface area contributed by atoms with Crippen molar-refractivity contribution in [3.63, 3.8) is 0 Å². The number of pyridine rings is 2. The molecule has 2 atom stereocenters. The van der Waals surface area contributed by atoms with Crippen LogP contribution >= 0.6 is 0 Å². The monoisotopic (exact) mass is 660 g/mol. The molecule has 0 amide bonds. The number of hydrogen-bond donors (Lipinski definition) is 0. The Hall–Kier alpha value is -6.12. The number of halogens is 4. The topological polar surface area (TPSA) is 55.3 Å². The Morgan fingerprint density at radius 2 is 1.20 bits per heavy atom. The summed E-state index contributed by atoms with van der Waals surface area (Å²) >= 11 is 0. The molecule has 3 aliphatic heterocycles. The zero-order chi connectivity index (χ0) is 34.3. The van der Waals surface area contributed by atoms with Gasteiger partial charge in [-0.25, -0.2) is 17.6 Å². The normalized spacial score (nSPS) is 19.1. The first-order valence-corrected chi connectivity index (χ1v) is 16.4. The van der Waals surface area contributed by atoms with E-state index in [0.29, 0.717) is 22.5 Å². The lowest BCUT2D eigenvalue weighted by Gasteiger charge is -2.36. The molecule has 4 nitrogen and oxygen atoms in total. The highest BCUT2D eigenvalue weighted by atomic mass is 19.1. The van der Waals surface area contributed by atoms with Crippen LogP contribution in [0.3, 0.4) is 0 Å². The molecule has 6 aromatic rings. The first-order valence-electron chi connectivity index (χ1n) is 16.4. The van der Waals surface area contributed by atoms with Crippen molar-refractivity contribution in [2.75, 3.05) is 0 Å². The second kappa shape index (κ2) is 9.52. The third kappa shape index (κ3) is 3.16. The minimum absolute atomic E-state index is 0.165. The van der Waals surface area contributed by atoms with E-state index in [4.69, 9.17) is 0 Å². The molecule has 1 aliphatic carbocycles. The van der Waals surface area contributed by atoms with Gasteiger partial charge in [-0.1, -0.05) is 48.5 Å². The van der Waals surface area contributed by atoms with Crippen molar-refractivity contribution in [1.82, 2.24) is 0 Å². The average Bonchev–Trinajstić information content (AvgIpc) is 3.37. The lowest BCUT2D eigenvalue weighted by molar-refractivity contribution is -0.835. The molecular weight excluding hydrogens is 636 g/mol. The molecule has 0 bridgehead atoms. The van der Waals surface area contributed by atoms with Crippen LogP contribution in [0.2, 0.25) is 0 Å². The van der Waals surface area contributed by atoms with Gasteiger partial charge in [0.1, 0.15) is 34.9 Å². The minimum Gasteiger partial charge on any atom is -0.205 e. The second-order valence-electron chi connectivity index (χ2n) is 13.8. The van der Waals surface area contributed by atoms with E-state index in [9.17, 15) is 10.5 Å². The van der Waals surface area contributed by atoms with Crippen molar-refractivity contribution in [3.05, 3.63) is 165 Å². The van der Waals surface area contributed by atoms with Gasteiger partial charge in [-0.15, -0.1) is 0 Å². The molecule has 4 aliphatic rings. The maximum absolute atomic E-state index is 16.4. The fourth-order valence-electron chi connectivity index (χ4n) is 9.76. The SMILES string of the molecule is CC12Cc3cc(F)c(C#N)c(F)c3-c3cccc([n+]31)C1(c3ccccc3-c3ccccc31)c1cccc3[n+]1C2Cc1cc(F)c(C#N)c(F)c1-3. The summed E-state index contributed by atoms with van der Waals surface area (Å²) in [6.45, 7) is 2.04. The molecule has 2 unspecified atom stereocenters. The molecule has 50 heavy (non-hydrogen) atoms. The smallest absolute Gasteiger partial charge is 0.205 e. The van der Waals surface area contributed by atoms with E-state index in [1.165, 1.54) is 12.1 Å². The van der Waals surface area contributed by atoms with E-state index in [0.717, 1.165) is 33.6 Å². The molecule has 10 rings (SSSR count). The summed E-state index contributed by atoms with van der Waals surface area (Å²) in [4.78, 5) is 0. The first-order chi connectivity index (χ1) is 24.2. The van der Waals surface area contributed by atoms with Crippen LogP contribution in [-0.2, 0) is 23.8 Å². The lowest BCUT2D eigenvalue weighted by Crippen LogP contribution is -2.69. The Morgan fingerprint density at radius 1 is 0.660 bits per heavy atom. The first kappa shape index (κ1) is 28.9. The van der Waals surface area contributed by atoms with Crippen LogP contribution in [0, 0.1) is 45.9 Å². The molecule has 1 spiro atoms. The number of rotatable bonds is 0. The van der Waals surface area contributed by atoms with E-state index in [2.05, 4.69) is 33.4 Å². The van der Waals surface area contributed by atoms with E-state index >= 15 is 17.6 Å². The molecule has 238 valence electrons. The molecule has 2 aromatic heterocycles. The highest BCUT2D eigenvalue weighted by Gasteiger charge is 2.67. The van der Waals surface area contributed by atoms with Crippen LogP contribution in [0.15, 0.2) is 97.1 Å². The van der Waals surface area contributed by atoms with Crippen LogP contribution in [0.5, 0.6) is 0 Å². The van der Waals surface area contributed by atoms with Gasteiger partial charge in [0.15, 0.2) is 17.0 Å². The standard InChI is InChI=1S/C42H24F4N4/c1-41-19-23-17-31(44)27(21-48)40(46)38(23)33-13-7-15-35(50(33)41)42(28-10-4-2-8-24(28)25-9-3-5-11-29(25)42)34-14-6-12-32-37-22(18-36(41)49(32)34)16-30(43)26(20-47)39(37)45/h2-17,36H,18-19H2,1H3/q+2. The highest BCUT2D eigenvalue weighted by molar-refractivity contribution is 5.85. The number of nitriles is 2. The molecular formula is C42H24F4N4+2.